The van der Waals surface area contributed by atoms with E-state index < -0.39 is 0 Å². The van der Waals surface area contributed by atoms with Crippen molar-refractivity contribution in [2.75, 3.05) is 0 Å². The van der Waals surface area contributed by atoms with Gasteiger partial charge in [0.05, 0.1) is 12.0 Å². The number of rotatable bonds is 5. The third kappa shape index (κ3) is 3.13. The molecule has 2 N–H and O–H groups in total. The molecular weight excluding hydrogens is 246 g/mol. The van der Waals surface area contributed by atoms with E-state index in [2.05, 4.69) is 63.8 Å². The normalized spacial score (nSPS) is 10.6. The predicted octanol–water partition coefficient (Wildman–Crippen LogP) is 3.37. The third-order valence-electron chi connectivity index (χ3n) is 3.22. The van der Waals surface area contributed by atoms with E-state index in [1.54, 1.807) is 6.33 Å². The van der Waals surface area contributed by atoms with Crippen LogP contribution in [0.3, 0.4) is 0 Å². The maximum atomic E-state index is 4.28. The van der Waals surface area contributed by atoms with E-state index in [1.165, 1.54) is 11.1 Å². The number of benzene rings is 2. The van der Waals surface area contributed by atoms with Crippen LogP contribution in [-0.4, -0.2) is 9.97 Å². The Labute approximate surface area is 118 Å². The van der Waals surface area contributed by atoms with Gasteiger partial charge in [0.25, 0.3) is 0 Å². The molecule has 0 saturated carbocycles. The lowest BCUT2D eigenvalue weighted by molar-refractivity contribution is 0.693. The lowest BCUT2D eigenvalue weighted by Crippen LogP contribution is -2.12. The first-order chi connectivity index (χ1) is 9.92. The van der Waals surface area contributed by atoms with Crippen molar-refractivity contribution in [2.24, 2.45) is 0 Å². The van der Waals surface area contributed by atoms with Crippen LogP contribution in [0.2, 0.25) is 0 Å². The second kappa shape index (κ2) is 6.17. The molecule has 3 rings (SSSR count). The van der Waals surface area contributed by atoms with Crippen molar-refractivity contribution >= 4 is 0 Å². The summed E-state index contributed by atoms with van der Waals surface area (Å²) in [6, 6.07) is 18.9. The van der Waals surface area contributed by atoms with Gasteiger partial charge in [0.1, 0.15) is 0 Å². The SMILES string of the molecule is c1ccc(CNCc2cccc(-c3c[nH]cn3)c2)cc1. The van der Waals surface area contributed by atoms with Gasteiger partial charge in [-0.1, -0.05) is 48.5 Å². The fourth-order valence-corrected chi connectivity index (χ4v) is 2.21. The van der Waals surface area contributed by atoms with Crippen molar-refractivity contribution in [3.8, 4) is 11.3 Å². The Morgan fingerprint density at radius 2 is 1.70 bits per heavy atom. The predicted molar refractivity (Wildman–Crippen MR) is 81.0 cm³/mol. The summed E-state index contributed by atoms with van der Waals surface area (Å²) < 4.78 is 0. The van der Waals surface area contributed by atoms with Gasteiger partial charge in [-0.05, 0) is 17.2 Å². The van der Waals surface area contributed by atoms with Gasteiger partial charge in [0, 0.05) is 24.8 Å². The topological polar surface area (TPSA) is 40.7 Å². The van der Waals surface area contributed by atoms with Crippen LogP contribution in [0.5, 0.6) is 0 Å². The van der Waals surface area contributed by atoms with Crippen LogP contribution < -0.4 is 5.32 Å². The number of nitrogens with one attached hydrogen (secondary N) is 2. The fraction of sp³-hybridized carbons (Fsp3) is 0.118. The van der Waals surface area contributed by atoms with Crippen molar-refractivity contribution in [3.05, 3.63) is 78.2 Å². The number of nitrogens with zero attached hydrogens (tertiary/aromatic N) is 1. The van der Waals surface area contributed by atoms with Crippen LogP contribution in [-0.2, 0) is 13.1 Å². The van der Waals surface area contributed by atoms with Gasteiger partial charge >= 0.3 is 0 Å². The first-order valence-corrected chi connectivity index (χ1v) is 6.74. The van der Waals surface area contributed by atoms with E-state index in [9.17, 15) is 0 Å². The summed E-state index contributed by atoms with van der Waals surface area (Å²) in [6.07, 6.45) is 3.62. The van der Waals surface area contributed by atoms with Gasteiger partial charge in [0.2, 0.25) is 0 Å². The molecule has 0 aliphatic heterocycles. The molecule has 0 radical (unpaired) electrons. The molecule has 0 amide bonds. The molecule has 3 aromatic rings. The second-order valence-electron chi connectivity index (χ2n) is 4.74. The number of hydrogen-bond acceptors (Lipinski definition) is 2. The highest BCUT2D eigenvalue weighted by molar-refractivity contribution is 5.58. The average Bonchev–Trinajstić information content (AvgIpc) is 3.03. The molecule has 0 aliphatic rings. The van der Waals surface area contributed by atoms with Crippen LogP contribution in [0, 0.1) is 0 Å². The minimum atomic E-state index is 0.854. The van der Waals surface area contributed by atoms with Crippen LogP contribution >= 0.6 is 0 Å². The summed E-state index contributed by atoms with van der Waals surface area (Å²) in [5.74, 6) is 0. The van der Waals surface area contributed by atoms with Gasteiger partial charge in [-0.2, -0.15) is 0 Å². The Kier molecular flexibility index (Phi) is 3.90. The Balaban J connectivity index is 1.62. The minimum Gasteiger partial charge on any atom is -0.351 e. The number of H-pyrrole nitrogens is 1. The van der Waals surface area contributed by atoms with Crippen molar-refractivity contribution in [2.45, 2.75) is 13.1 Å². The molecule has 1 aromatic heterocycles. The summed E-state index contributed by atoms with van der Waals surface area (Å²) in [5, 5.41) is 3.46. The van der Waals surface area contributed by atoms with Gasteiger partial charge in [-0.3, -0.25) is 0 Å². The number of hydrogen-bond donors (Lipinski definition) is 2. The minimum absolute atomic E-state index is 0.854. The lowest BCUT2D eigenvalue weighted by Gasteiger charge is -2.06. The number of imidazole rings is 1. The number of aromatic amines is 1. The second-order valence-corrected chi connectivity index (χ2v) is 4.74. The first-order valence-electron chi connectivity index (χ1n) is 6.74. The lowest BCUT2D eigenvalue weighted by atomic mass is 10.1. The molecule has 0 bridgehead atoms. The molecule has 0 unspecified atom stereocenters. The molecule has 0 fully saturated rings. The Bertz CT molecular complexity index is 645. The zero-order chi connectivity index (χ0) is 13.6. The zero-order valence-electron chi connectivity index (χ0n) is 11.2. The smallest absolute Gasteiger partial charge is 0.0927 e. The molecule has 20 heavy (non-hydrogen) atoms. The van der Waals surface area contributed by atoms with E-state index in [-0.39, 0.29) is 0 Å². The van der Waals surface area contributed by atoms with Crippen molar-refractivity contribution in [1.82, 2.24) is 15.3 Å². The molecule has 0 saturated heterocycles. The van der Waals surface area contributed by atoms with E-state index in [4.69, 9.17) is 0 Å². The Hall–Kier alpha value is -2.39. The van der Waals surface area contributed by atoms with Crippen LogP contribution in [0.15, 0.2) is 67.1 Å². The van der Waals surface area contributed by atoms with Crippen molar-refractivity contribution in [1.29, 1.82) is 0 Å². The Morgan fingerprint density at radius 1 is 0.900 bits per heavy atom. The highest BCUT2D eigenvalue weighted by Gasteiger charge is 2.00. The van der Waals surface area contributed by atoms with E-state index in [0.29, 0.717) is 0 Å². The Morgan fingerprint density at radius 3 is 2.50 bits per heavy atom. The molecule has 0 atom stereocenters. The standard InChI is InChI=1S/C17H17N3/c1-2-5-14(6-3-1)10-18-11-15-7-4-8-16(9-15)17-12-19-13-20-17/h1-9,12-13,18H,10-11H2,(H,19,20). The van der Waals surface area contributed by atoms with Crippen LogP contribution in [0.4, 0.5) is 0 Å². The molecule has 0 aliphatic carbocycles. The summed E-state index contributed by atoms with van der Waals surface area (Å²) in [5.41, 5.74) is 4.69. The van der Waals surface area contributed by atoms with Gasteiger partial charge in [0.15, 0.2) is 0 Å². The highest BCUT2D eigenvalue weighted by Crippen LogP contribution is 2.17. The fourth-order valence-electron chi connectivity index (χ4n) is 2.21. The van der Waals surface area contributed by atoms with Gasteiger partial charge in [-0.25, -0.2) is 4.98 Å². The van der Waals surface area contributed by atoms with Gasteiger partial charge in [-0.15, -0.1) is 0 Å². The van der Waals surface area contributed by atoms with Crippen LogP contribution in [0.25, 0.3) is 11.3 Å². The summed E-state index contributed by atoms with van der Waals surface area (Å²) in [6.45, 7) is 1.74. The van der Waals surface area contributed by atoms with Crippen molar-refractivity contribution < 1.29 is 0 Å². The maximum absolute atomic E-state index is 4.28. The number of aromatic nitrogens is 2. The molecule has 3 heteroatoms. The van der Waals surface area contributed by atoms with Gasteiger partial charge < -0.3 is 10.3 Å². The molecule has 3 nitrogen and oxygen atoms in total. The van der Waals surface area contributed by atoms with E-state index >= 15 is 0 Å². The average molecular weight is 263 g/mol. The largest absolute Gasteiger partial charge is 0.351 e. The molecule has 1 heterocycles. The molecule has 0 spiro atoms. The van der Waals surface area contributed by atoms with E-state index in [1.807, 2.05) is 12.3 Å². The van der Waals surface area contributed by atoms with Crippen LogP contribution in [0.1, 0.15) is 11.1 Å². The third-order valence-corrected chi connectivity index (χ3v) is 3.22. The zero-order valence-corrected chi connectivity index (χ0v) is 11.2. The highest BCUT2D eigenvalue weighted by atomic mass is 14.9. The monoisotopic (exact) mass is 263 g/mol. The van der Waals surface area contributed by atoms with Crippen molar-refractivity contribution in [3.63, 3.8) is 0 Å². The first kappa shape index (κ1) is 12.6. The quantitative estimate of drug-likeness (QED) is 0.741. The maximum Gasteiger partial charge on any atom is 0.0927 e. The van der Waals surface area contributed by atoms with E-state index in [0.717, 1.165) is 24.3 Å². The molecular formula is C17H17N3. The summed E-state index contributed by atoms with van der Waals surface area (Å²) >= 11 is 0. The summed E-state index contributed by atoms with van der Waals surface area (Å²) in [7, 11) is 0. The molecule has 2 aromatic carbocycles. The summed E-state index contributed by atoms with van der Waals surface area (Å²) in [4.78, 5) is 7.27. The molecule has 100 valence electrons.